The van der Waals surface area contributed by atoms with Crippen molar-refractivity contribution in [1.82, 2.24) is 0 Å². The largest absolute Gasteiger partial charge is 0.508 e. The monoisotopic (exact) mass is 193 g/mol. The summed E-state index contributed by atoms with van der Waals surface area (Å²) in [6.45, 7) is 2.69. The van der Waals surface area contributed by atoms with E-state index >= 15 is 0 Å². The number of benzene rings is 1. The number of hydrogen-bond donors (Lipinski definition) is 2. The number of phenolic OH excluding ortho intramolecular Hbond substituents is 1. The van der Waals surface area contributed by atoms with Crippen LogP contribution in [0.15, 0.2) is 18.2 Å². The fraction of sp³-hybridized carbons (Fsp3) is 0.455. The number of hydrogen-bond acceptors (Lipinski definition) is 3. The summed E-state index contributed by atoms with van der Waals surface area (Å²) in [7, 11) is 0. The predicted molar refractivity (Wildman–Crippen MR) is 54.6 cm³/mol. The molecule has 0 saturated carbocycles. The van der Waals surface area contributed by atoms with Crippen LogP contribution in [0.5, 0.6) is 11.5 Å². The summed E-state index contributed by atoms with van der Waals surface area (Å²) >= 11 is 0. The van der Waals surface area contributed by atoms with Gasteiger partial charge in [0.15, 0.2) is 0 Å². The highest BCUT2D eigenvalue weighted by Crippen LogP contribution is 2.36. The molecular formula is C11H15NO2. The minimum absolute atomic E-state index is 0.127. The fourth-order valence-corrected chi connectivity index (χ4v) is 1.95. The van der Waals surface area contributed by atoms with Gasteiger partial charge in [-0.05, 0) is 25.0 Å². The van der Waals surface area contributed by atoms with Gasteiger partial charge in [0.05, 0.1) is 6.61 Å². The van der Waals surface area contributed by atoms with Gasteiger partial charge in [-0.25, -0.2) is 0 Å². The molecule has 2 unspecified atom stereocenters. The second-order valence-electron chi connectivity index (χ2n) is 3.82. The third-order valence-corrected chi connectivity index (χ3v) is 2.72. The summed E-state index contributed by atoms with van der Waals surface area (Å²) in [6.07, 6.45) is 0.954. The van der Waals surface area contributed by atoms with Gasteiger partial charge in [0, 0.05) is 18.0 Å². The van der Waals surface area contributed by atoms with E-state index in [2.05, 4.69) is 0 Å². The van der Waals surface area contributed by atoms with Crippen LogP contribution in [0, 0.1) is 0 Å². The van der Waals surface area contributed by atoms with E-state index in [9.17, 15) is 5.11 Å². The standard InChI is InChI=1S/C11H15NO2/c1-7(12)9-4-5-14-11-6-8(13)2-3-10(9)11/h2-3,6-7,9,13H,4-5,12H2,1H3. The number of rotatable bonds is 1. The Bertz CT molecular complexity index is 336. The van der Waals surface area contributed by atoms with Crippen molar-refractivity contribution < 1.29 is 9.84 Å². The number of aromatic hydroxyl groups is 1. The van der Waals surface area contributed by atoms with Crippen LogP contribution in [0.25, 0.3) is 0 Å². The molecular weight excluding hydrogens is 178 g/mol. The smallest absolute Gasteiger partial charge is 0.126 e. The lowest BCUT2D eigenvalue weighted by Gasteiger charge is -2.28. The van der Waals surface area contributed by atoms with E-state index in [1.54, 1.807) is 12.1 Å². The van der Waals surface area contributed by atoms with E-state index in [1.807, 2.05) is 13.0 Å². The predicted octanol–water partition coefficient (Wildman–Crippen LogP) is 1.61. The summed E-state index contributed by atoms with van der Waals surface area (Å²) < 4.78 is 5.47. The Morgan fingerprint density at radius 3 is 3.07 bits per heavy atom. The maximum absolute atomic E-state index is 9.30. The first-order chi connectivity index (χ1) is 6.68. The Hall–Kier alpha value is -1.22. The van der Waals surface area contributed by atoms with E-state index in [0.29, 0.717) is 12.5 Å². The van der Waals surface area contributed by atoms with Crippen molar-refractivity contribution in [2.24, 2.45) is 5.73 Å². The molecule has 2 rings (SSSR count). The van der Waals surface area contributed by atoms with Gasteiger partial charge < -0.3 is 15.6 Å². The zero-order valence-electron chi connectivity index (χ0n) is 8.23. The van der Waals surface area contributed by atoms with Crippen molar-refractivity contribution in [3.05, 3.63) is 23.8 Å². The van der Waals surface area contributed by atoms with Gasteiger partial charge in [0.1, 0.15) is 11.5 Å². The van der Waals surface area contributed by atoms with Crippen molar-refractivity contribution in [2.75, 3.05) is 6.61 Å². The van der Waals surface area contributed by atoms with Gasteiger partial charge in [-0.1, -0.05) is 6.07 Å². The van der Waals surface area contributed by atoms with E-state index in [4.69, 9.17) is 10.5 Å². The molecule has 0 bridgehead atoms. The molecule has 0 saturated heterocycles. The maximum atomic E-state index is 9.30. The van der Waals surface area contributed by atoms with E-state index in [1.165, 1.54) is 0 Å². The molecule has 1 heterocycles. The molecule has 0 aromatic heterocycles. The highest BCUT2D eigenvalue weighted by molar-refractivity contribution is 5.43. The van der Waals surface area contributed by atoms with Crippen LogP contribution in [0.4, 0.5) is 0 Å². The first-order valence-corrected chi connectivity index (χ1v) is 4.90. The lowest BCUT2D eigenvalue weighted by atomic mass is 9.88. The molecule has 3 heteroatoms. The lowest BCUT2D eigenvalue weighted by Crippen LogP contribution is -2.29. The van der Waals surface area contributed by atoms with Gasteiger partial charge in [-0.15, -0.1) is 0 Å². The normalized spacial score (nSPS) is 22.3. The molecule has 0 amide bonds. The molecule has 3 nitrogen and oxygen atoms in total. The molecule has 2 atom stereocenters. The molecule has 1 aromatic rings. The van der Waals surface area contributed by atoms with Crippen LogP contribution >= 0.6 is 0 Å². The Kier molecular flexibility index (Phi) is 2.33. The Balaban J connectivity index is 2.40. The van der Waals surface area contributed by atoms with Gasteiger partial charge in [0.2, 0.25) is 0 Å². The van der Waals surface area contributed by atoms with Gasteiger partial charge >= 0.3 is 0 Å². The summed E-state index contributed by atoms with van der Waals surface area (Å²) in [5, 5.41) is 9.30. The van der Waals surface area contributed by atoms with Gasteiger partial charge in [-0.3, -0.25) is 0 Å². The average molecular weight is 193 g/mol. The summed E-state index contributed by atoms with van der Waals surface area (Å²) in [5.74, 6) is 1.37. The van der Waals surface area contributed by atoms with E-state index in [0.717, 1.165) is 17.7 Å². The number of ether oxygens (including phenoxy) is 1. The molecule has 1 aliphatic heterocycles. The van der Waals surface area contributed by atoms with Crippen molar-refractivity contribution in [2.45, 2.75) is 25.3 Å². The molecule has 3 N–H and O–H groups in total. The van der Waals surface area contributed by atoms with Crippen molar-refractivity contribution in [3.63, 3.8) is 0 Å². The second-order valence-corrected chi connectivity index (χ2v) is 3.82. The molecule has 1 aromatic carbocycles. The number of nitrogens with two attached hydrogens (primary N) is 1. The van der Waals surface area contributed by atoms with Gasteiger partial charge in [-0.2, -0.15) is 0 Å². The quantitative estimate of drug-likeness (QED) is 0.712. The highest BCUT2D eigenvalue weighted by atomic mass is 16.5. The topological polar surface area (TPSA) is 55.5 Å². The zero-order chi connectivity index (χ0) is 10.1. The minimum atomic E-state index is 0.127. The Morgan fingerprint density at radius 1 is 1.57 bits per heavy atom. The van der Waals surface area contributed by atoms with Crippen LogP contribution in [0.2, 0.25) is 0 Å². The van der Waals surface area contributed by atoms with Crippen LogP contribution in [0.1, 0.15) is 24.8 Å². The number of fused-ring (bicyclic) bond motifs is 1. The highest BCUT2D eigenvalue weighted by Gasteiger charge is 2.24. The molecule has 76 valence electrons. The van der Waals surface area contributed by atoms with Crippen molar-refractivity contribution >= 4 is 0 Å². The van der Waals surface area contributed by atoms with Crippen LogP contribution in [-0.4, -0.2) is 17.8 Å². The van der Waals surface area contributed by atoms with Crippen LogP contribution in [-0.2, 0) is 0 Å². The van der Waals surface area contributed by atoms with Crippen molar-refractivity contribution in [3.8, 4) is 11.5 Å². The number of phenols is 1. The van der Waals surface area contributed by atoms with Gasteiger partial charge in [0.25, 0.3) is 0 Å². The molecule has 0 aliphatic carbocycles. The van der Waals surface area contributed by atoms with E-state index < -0.39 is 0 Å². The second kappa shape index (κ2) is 3.50. The molecule has 0 radical (unpaired) electrons. The minimum Gasteiger partial charge on any atom is -0.508 e. The summed E-state index contributed by atoms with van der Waals surface area (Å²) in [5.41, 5.74) is 7.02. The van der Waals surface area contributed by atoms with Crippen LogP contribution < -0.4 is 10.5 Å². The average Bonchev–Trinajstić information content (AvgIpc) is 2.16. The first kappa shape index (κ1) is 9.34. The van der Waals surface area contributed by atoms with Crippen molar-refractivity contribution in [1.29, 1.82) is 0 Å². The Morgan fingerprint density at radius 2 is 2.36 bits per heavy atom. The molecule has 0 fully saturated rings. The zero-order valence-corrected chi connectivity index (χ0v) is 8.23. The fourth-order valence-electron chi connectivity index (χ4n) is 1.95. The maximum Gasteiger partial charge on any atom is 0.126 e. The molecule has 0 spiro atoms. The van der Waals surface area contributed by atoms with Crippen LogP contribution in [0.3, 0.4) is 0 Å². The third kappa shape index (κ3) is 1.55. The van der Waals surface area contributed by atoms with E-state index in [-0.39, 0.29) is 11.8 Å². The third-order valence-electron chi connectivity index (χ3n) is 2.72. The first-order valence-electron chi connectivity index (χ1n) is 4.90. The SMILES string of the molecule is CC(N)C1CCOc2cc(O)ccc21. The summed E-state index contributed by atoms with van der Waals surface area (Å²) in [4.78, 5) is 0. The summed E-state index contributed by atoms with van der Waals surface area (Å²) in [6, 6.07) is 5.37. The molecule has 14 heavy (non-hydrogen) atoms. The Labute approximate surface area is 83.5 Å². The lowest BCUT2D eigenvalue weighted by molar-refractivity contribution is 0.256. The molecule has 1 aliphatic rings.